The number of carbonyl (C=O) groups excluding carboxylic acids is 1. The smallest absolute Gasteiger partial charge is 0.263 e. The van der Waals surface area contributed by atoms with Crippen LogP contribution in [0.15, 0.2) is 78.9 Å². The van der Waals surface area contributed by atoms with E-state index in [1.54, 1.807) is 31.2 Å². The maximum absolute atomic E-state index is 13.3. The summed E-state index contributed by atoms with van der Waals surface area (Å²) in [5.74, 6) is -0.0566. The Kier molecular flexibility index (Phi) is 6.19. The highest BCUT2D eigenvalue weighted by atomic mass is 32.2. The Bertz CT molecular complexity index is 1190. The molecule has 1 aliphatic heterocycles. The minimum atomic E-state index is -3.57. The van der Waals surface area contributed by atoms with E-state index in [-0.39, 0.29) is 24.2 Å². The summed E-state index contributed by atoms with van der Waals surface area (Å²) in [6, 6.07) is 24.1. The molecule has 0 spiro atoms. The van der Waals surface area contributed by atoms with Crippen LogP contribution in [0.1, 0.15) is 29.7 Å². The van der Waals surface area contributed by atoms with E-state index in [2.05, 4.69) is 5.32 Å². The van der Waals surface area contributed by atoms with Gasteiger partial charge >= 0.3 is 0 Å². The van der Waals surface area contributed by atoms with Gasteiger partial charge in [-0.1, -0.05) is 72.3 Å². The lowest BCUT2D eigenvalue weighted by Gasteiger charge is -2.35. The SMILES string of the molecule is CCS(=O)(=O)N1C[C@H](C(=O)N[C@H](c2ccccc2)c2ccc(C)cc2)Oc2ccccc21. The van der Waals surface area contributed by atoms with Crippen LogP contribution in [0, 0.1) is 6.92 Å². The number of anilines is 1. The molecule has 0 fully saturated rings. The topological polar surface area (TPSA) is 75.7 Å². The van der Waals surface area contributed by atoms with Gasteiger partial charge in [0.25, 0.3) is 5.91 Å². The largest absolute Gasteiger partial charge is 0.476 e. The molecule has 1 amide bonds. The van der Waals surface area contributed by atoms with Crippen molar-refractivity contribution in [2.24, 2.45) is 0 Å². The van der Waals surface area contributed by atoms with Gasteiger partial charge in [0.05, 0.1) is 24.0 Å². The lowest BCUT2D eigenvalue weighted by molar-refractivity contribution is -0.128. The zero-order chi connectivity index (χ0) is 22.7. The maximum atomic E-state index is 13.3. The molecule has 0 unspecified atom stereocenters. The number of ether oxygens (including phenoxy) is 1. The van der Waals surface area contributed by atoms with Crippen molar-refractivity contribution >= 4 is 21.6 Å². The molecule has 3 aromatic rings. The minimum Gasteiger partial charge on any atom is -0.476 e. The molecule has 1 aliphatic rings. The van der Waals surface area contributed by atoms with E-state index < -0.39 is 16.1 Å². The fraction of sp³-hybridized carbons (Fsp3) is 0.240. The highest BCUT2D eigenvalue weighted by Gasteiger charge is 2.36. The number of amides is 1. The molecule has 0 aromatic heterocycles. The van der Waals surface area contributed by atoms with Crippen molar-refractivity contribution in [1.82, 2.24) is 5.32 Å². The Hall–Kier alpha value is -3.32. The van der Waals surface area contributed by atoms with Gasteiger partial charge in [-0.25, -0.2) is 8.42 Å². The van der Waals surface area contributed by atoms with Crippen molar-refractivity contribution in [3.8, 4) is 5.75 Å². The second-order valence-corrected chi connectivity index (χ2v) is 9.95. The number of aryl methyl sites for hydroxylation is 1. The lowest BCUT2D eigenvalue weighted by Crippen LogP contribution is -2.51. The quantitative estimate of drug-likeness (QED) is 0.620. The number of benzene rings is 3. The van der Waals surface area contributed by atoms with E-state index in [9.17, 15) is 13.2 Å². The summed E-state index contributed by atoms with van der Waals surface area (Å²) in [6.07, 6.45) is -0.970. The normalized spacial score (nSPS) is 16.6. The Morgan fingerprint density at radius 1 is 1.00 bits per heavy atom. The molecule has 4 rings (SSSR count). The van der Waals surface area contributed by atoms with E-state index in [4.69, 9.17) is 4.74 Å². The third-order valence-electron chi connectivity index (χ3n) is 5.56. The molecule has 166 valence electrons. The van der Waals surface area contributed by atoms with Crippen molar-refractivity contribution in [2.45, 2.75) is 26.0 Å². The van der Waals surface area contributed by atoms with Crippen LogP contribution in [0.3, 0.4) is 0 Å². The molecule has 0 aliphatic carbocycles. The van der Waals surface area contributed by atoms with E-state index in [0.29, 0.717) is 11.4 Å². The molecule has 1 N–H and O–H groups in total. The fourth-order valence-corrected chi connectivity index (χ4v) is 4.88. The van der Waals surface area contributed by atoms with Gasteiger partial charge in [-0.05, 0) is 37.1 Å². The molecule has 0 saturated heterocycles. The van der Waals surface area contributed by atoms with Crippen molar-refractivity contribution < 1.29 is 17.9 Å². The predicted molar refractivity (Wildman–Crippen MR) is 125 cm³/mol. The average molecular weight is 451 g/mol. The first-order valence-electron chi connectivity index (χ1n) is 10.6. The first kappa shape index (κ1) is 21.9. The van der Waals surface area contributed by atoms with Gasteiger partial charge in [-0.15, -0.1) is 0 Å². The van der Waals surface area contributed by atoms with E-state index in [0.717, 1.165) is 16.7 Å². The van der Waals surface area contributed by atoms with Crippen molar-refractivity contribution in [2.75, 3.05) is 16.6 Å². The van der Waals surface area contributed by atoms with Gasteiger partial charge in [0.1, 0.15) is 5.75 Å². The molecule has 0 saturated carbocycles. The minimum absolute atomic E-state index is 0.0638. The number of sulfonamides is 1. The van der Waals surface area contributed by atoms with Crippen molar-refractivity contribution in [1.29, 1.82) is 0 Å². The van der Waals surface area contributed by atoms with Gasteiger partial charge in [-0.2, -0.15) is 0 Å². The summed E-state index contributed by atoms with van der Waals surface area (Å²) in [6.45, 7) is 3.52. The zero-order valence-electron chi connectivity index (χ0n) is 18.1. The predicted octanol–water partition coefficient (Wildman–Crippen LogP) is 3.82. The lowest BCUT2D eigenvalue weighted by atomic mass is 9.97. The van der Waals surface area contributed by atoms with Gasteiger partial charge < -0.3 is 10.1 Å². The molecule has 32 heavy (non-hydrogen) atoms. The van der Waals surface area contributed by atoms with Gasteiger partial charge in [-0.3, -0.25) is 9.10 Å². The van der Waals surface area contributed by atoms with E-state index in [1.807, 2.05) is 61.5 Å². The van der Waals surface area contributed by atoms with Crippen LogP contribution in [-0.4, -0.2) is 32.7 Å². The summed E-state index contributed by atoms with van der Waals surface area (Å²) in [5.41, 5.74) is 3.44. The first-order chi connectivity index (χ1) is 15.4. The number of nitrogens with zero attached hydrogens (tertiary/aromatic N) is 1. The number of para-hydroxylation sites is 2. The summed E-state index contributed by atoms with van der Waals surface area (Å²) in [4.78, 5) is 13.3. The molecule has 1 heterocycles. The van der Waals surface area contributed by atoms with Crippen LogP contribution in [-0.2, 0) is 14.8 Å². The van der Waals surface area contributed by atoms with E-state index >= 15 is 0 Å². The number of fused-ring (bicyclic) bond motifs is 1. The van der Waals surface area contributed by atoms with Gasteiger partial charge in [0.15, 0.2) is 6.10 Å². The van der Waals surface area contributed by atoms with Crippen LogP contribution in [0.25, 0.3) is 0 Å². The highest BCUT2D eigenvalue weighted by Crippen LogP contribution is 2.35. The summed E-state index contributed by atoms with van der Waals surface area (Å²) in [7, 11) is -3.57. The number of nitrogens with one attached hydrogen (secondary N) is 1. The third kappa shape index (κ3) is 4.48. The van der Waals surface area contributed by atoms with Crippen LogP contribution in [0.2, 0.25) is 0 Å². The van der Waals surface area contributed by atoms with Crippen LogP contribution < -0.4 is 14.4 Å². The second kappa shape index (κ2) is 9.04. The molecule has 6 nitrogen and oxygen atoms in total. The monoisotopic (exact) mass is 450 g/mol. The number of hydrogen-bond acceptors (Lipinski definition) is 4. The Morgan fingerprint density at radius 3 is 2.31 bits per heavy atom. The first-order valence-corrected chi connectivity index (χ1v) is 12.2. The summed E-state index contributed by atoms with van der Waals surface area (Å²) in [5, 5.41) is 3.07. The fourth-order valence-electron chi connectivity index (χ4n) is 3.76. The van der Waals surface area contributed by atoms with Gasteiger partial charge in [0.2, 0.25) is 10.0 Å². The molecule has 0 bridgehead atoms. The van der Waals surface area contributed by atoms with Gasteiger partial charge in [0, 0.05) is 0 Å². The molecule has 3 aromatic carbocycles. The average Bonchev–Trinajstić information content (AvgIpc) is 2.83. The van der Waals surface area contributed by atoms with E-state index in [1.165, 1.54) is 4.31 Å². The Balaban J connectivity index is 1.64. The molecule has 0 radical (unpaired) electrons. The summed E-state index contributed by atoms with van der Waals surface area (Å²) < 4.78 is 32.7. The molecule has 2 atom stereocenters. The maximum Gasteiger partial charge on any atom is 0.263 e. The number of hydrogen-bond donors (Lipinski definition) is 1. The van der Waals surface area contributed by atoms with Crippen LogP contribution in [0.5, 0.6) is 5.75 Å². The summed E-state index contributed by atoms with van der Waals surface area (Å²) >= 11 is 0. The van der Waals surface area contributed by atoms with Crippen molar-refractivity contribution in [3.05, 3.63) is 95.6 Å². The number of carbonyl (C=O) groups is 1. The molecule has 7 heteroatoms. The zero-order valence-corrected chi connectivity index (χ0v) is 18.9. The molecular formula is C25H26N2O4S. The Morgan fingerprint density at radius 2 is 1.62 bits per heavy atom. The van der Waals surface area contributed by atoms with Crippen LogP contribution >= 0.6 is 0 Å². The highest BCUT2D eigenvalue weighted by molar-refractivity contribution is 7.92. The second-order valence-electron chi connectivity index (χ2n) is 7.77. The molecular weight excluding hydrogens is 424 g/mol. The third-order valence-corrected chi connectivity index (χ3v) is 7.30. The standard InChI is InChI=1S/C25H26N2O4S/c1-3-32(29,30)27-17-23(31-22-12-8-7-11-21(22)27)25(28)26-24(19-9-5-4-6-10-19)20-15-13-18(2)14-16-20/h4-16,23-24H,3,17H2,1-2H3,(H,26,28)/t23-,24-/m1/s1. The Labute approximate surface area is 188 Å². The number of rotatable bonds is 6. The van der Waals surface area contributed by atoms with Crippen LogP contribution in [0.4, 0.5) is 5.69 Å². The van der Waals surface area contributed by atoms with Crippen molar-refractivity contribution in [3.63, 3.8) is 0 Å².